The van der Waals surface area contributed by atoms with Crippen molar-refractivity contribution in [3.05, 3.63) is 38.7 Å². The first-order valence-corrected chi connectivity index (χ1v) is 7.61. The highest BCUT2D eigenvalue weighted by molar-refractivity contribution is 7.10. The largest absolute Gasteiger partial charge is 0.341 e. The summed E-state index contributed by atoms with van der Waals surface area (Å²) < 4.78 is 0. The van der Waals surface area contributed by atoms with E-state index in [1.165, 1.54) is 12.8 Å². The van der Waals surface area contributed by atoms with Crippen molar-refractivity contribution >= 4 is 17.2 Å². The van der Waals surface area contributed by atoms with Crippen LogP contribution in [0.2, 0.25) is 0 Å². The van der Waals surface area contributed by atoms with Crippen molar-refractivity contribution in [2.45, 2.75) is 31.7 Å². The smallest absolute Gasteiger partial charge is 0.341 e. The minimum absolute atomic E-state index is 0.00482. The molecule has 1 amide bonds. The van der Waals surface area contributed by atoms with E-state index in [0.717, 1.165) is 17.7 Å². The van der Waals surface area contributed by atoms with E-state index in [9.17, 15) is 9.59 Å². The normalized spacial score (nSPS) is 17.2. The zero-order chi connectivity index (χ0) is 13.9. The van der Waals surface area contributed by atoms with Crippen LogP contribution in [0, 0.1) is 5.92 Å². The Balaban J connectivity index is 1.79. The van der Waals surface area contributed by atoms with Gasteiger partial charge in [-0.25, -0.2) is 9.89 Å². The fraction of sp³-hybridized carbons (Fsp3) is 0.462. The molecule has 0 radical (unpaired) electrons. The molecular weight excluding hydrogens is 276 g/mol. The van der Waals surface area contributed by atoms with Gasteiger partial charge in [0.25, 0.3) is 5.91 Å². The summed E-state index contributed by atoms with van der Waals surface area (Å²) in [5, 5.41) is 10.9. The van der Waals surface area contributed by atoms with Crippen LogP contribution >= 0.6 is 11.3 Å². The second kappa shape index (κ2) is 5.62. The lowest BCUT2D eigenvalue weighted by atomic mass is 9.96. The van der Waals surface area contributed by atoms with Crippen LogP contribution in [0.4, 0.5) is 0 Å². The number of aromatic amines is 2. The number of thiophene rings is 1. The van der Waals surface area contributed by atoms with Gasteiger partial charge in [0.15, 0.2) is 0 Å². The van der Waals surface area contributed by atoms with E-state index in [-0.39, 0.29) is 17.8 Å². The fourth-order valence-electron chi connectivity index (χ4n) is 2.77. The van der Waals surface area contributed by atoms with Gasteiger partial charge in [-0.1, -0.05) is 18.9 Å². The SMILES string of the molecule is O=C(N[C@@H](c1cccs1)C1CCCC1)c1n[nH]c(=O)[nH]1. The van der Waals surface area contributed by atoms with Gasteiger partial charge in [0.1, 0.15) is 0 Å². The topological polar surface area (TPSA) is 90.6 Å². The first-order valence-electron chi connectivity index (χ1n) is 6.73. The molecule has 3 N–H and O–H groups in total. The first kappa shape index (κ1) is 13.1. The molecule has 1 atom stereocenters. The van der Waals surface area contributed by atoms with E-state index in [1.54, 1.807) is 11.3 Å². The summed E-state index contributed by atoms with van der Waals surface area (Å²) in [5.41, 5.74) is -0.469. The lowest BCUT2D eigenvalue weighted by molar-refractivity contribution is 0.0912. The van der Waals surface area contributed by atoms with Crippen molar-refractivity contribution in [2.75, 3.05) is 0 Å². The predicted molar refractivity (Wildman–Crippen MR) is 75.7 cm³/mol. The Morgan fingerprint density at radius 3 is 2.85 bits per heavy atom. The van der Waals surface area contributed by atoms with Gasteiger partial charge >= 0.3 is 5.69 Å². The van der Waals surface area contributed by atoms with Crippen molar-refractivity contribution in [3.63, 3.8) is 0 Å². The van der Waals surface area contributed by atoms with Gasteiger partial charge in [0.05, 0.1) is 6.04 Å². The van der Waals surface area contributed by atoms with E-state index in [4.69, 9.17) is 0 Å². The standard InChI is InChI=1S/C13H16N4O2S/c18-12(11-15-13(19)17-16-11)14-10(8-4-1-2-5-8)9-6-3-7-20-9/h3,6-8,10H,1-2,4-5H2,(H,14,18)(H2,15,16,17,19)/t10-/m1/s1. The Bertz CT molecular complexity index is 625. The highest BCUT2D eigenvalue weighted by Crippen LogP contribution is 2.37. The molecule has 0 saturated heterocycles. The number of rotatable bonds is 4. The van der Waals surface area contributed by atoms with Gasteiger partial charge in [-0.3, -0.25) is 9.78 Å². The van der Waals surface area contributed by atoms with Gasteiger partial charge in [-0.2, -0.15) is 0 Å². The maximum Gasteiger partial charge on any atom is 0.341 e. The number of aromatic nitrogens is 3. The molecule has 2 heterocycles. The molecule has 1 fully saturated rings. The first-order chi connectivity index (χ1) is 9.74. The van der Waals surface area contributed by atoms with Crippen LogP contribution in [0.3, 0.4) is 0 Å². The summed E-state index contributed by atoms with van der Waals surface area (Å²) in [4.78, 5) is 26.7. The highest BCUT2D eigenvalue weighted by Gasteiger charge is 2.29. The van der Waals surface area contributed by atoms with Crippen LogP contribution in [0.1, 0.15) is 47.2 Å². The third-order valence-electron chi connectivity index (χ3n) is 3.72. The molecule has 6 nitrogen and oxygen atoms in total. The lowest BCUT2D eigenvalue weighted by Crippen LogP contribution is -2.33. The average molecular weight is 292 g/mol. The van der Waals surface area contributed by atoms with Crippen molar-refractivity contribution < 1.29 is 4.79 Å². The number of hydrogen-bond donors (Lipinski definition) is 3. The number of nitrogens with one attached hydrogen (secondary N) is 3. The number of hydrogen-bond acceptors (Lipinski definition) is 4. The van der Waals surface area contributed by atoms with E-state index in [1.807, 2.05) is 17.5 Å². The molecule has 1 aliphatic rings. The molecule has 1 saturated carbocycles. The van der Waals surface area contributed by atoms with Crippen LogP contribution < -0.4 is 11.0 Å². The van der Waals surface area contributed by atoms with Crippen molar-refractivity contribution in [1.29, 1.82) is 0 Å². The minimum Gasteiger partial charge on any atom is -0.341 e. The molecule has 2 aromatic heterocycles. The Morgan fingerprint density at radius 1 is 1.45 bits per heavy atom. The molecule has 1 aliphatic carbocycles. The summed E-state index contributed by atoms with van der Waals surface area (Å²) in [6, 6.07) is 4.04. The Kier molecular flexibility index (Phi) is 3.68. The molecule has 0 aliphatic heterocycles. The van der Waals surface area contributed by atoms with Gasteiger partial charge < -0.3 is 5.32 Å². The van der Waals surface area contributed by atoms with Gasteiger partial charge in [0.2, 0.25) is 5.82 Å². The van der Waals surface area contributed by atoms with E-state index < -0.39 is 5.69 Å². The number of carbonyl (C=O) groups excluding carboxylic acids is 1. The molecule has 106 valence electrons. The monoisotopic (exact) mass is 292 g/mol. The maximum atomic E-state index is 12.2. The van der Waals surface area contributed by atoms with E-state index in [2.05, 4.69) is 20.5 Å². The third-order valence-corrected chi connectivity index (χ3v) is 4.68. The minimum atomic E-state index is -0.469. The number of amides is 1. The summed E-state index contributed by atoms with van der Waals surface area (Å²) >= 11 is 1.65. The molecule has 3 rings (SSSR count). The quantitative estimate of drug-likeness (QED) is 0.802. The fourth-order valence-corrected chi connectivity index (χ4v) is 3.64. The second-order valence-corrected chi connectivity index (χ2v) is 6.02. The molecule has 0 bridgehead atoms. The van der Waals surface area contributed by atoms with E-state index in [0.29, 0.717) is 5.92 Å². The number of H-pyrrole nitrogens is 2. The van der Waals surface area contributed by atoms with Crippen LogP contribution in [-0.2, 0) is 0 Å². The molecule has 0 spiro atoms. The lowest BCUT2D eigenvalue weighted by Gasteiger charge is -2.23. The molecule has 7 heteroatoms. The van der Waals surface area contributed by atoms with Crippen LogP contribution in [0.5, 0.6) is 0 Å². The van der Waals surface area contributed by atoms with Gasteiger partial charge in [0, 0.05) is 4.88 Å². The predicted octanol–water partition coefficient (Wildman–Crippen LogP) is 1.82. The van der Waals surface area contributed by atoms with Crippen molar-refractivity contribution in [2.24, 2.45) is 5.92 Å². The zero-order valence-electron chi connectivity index (χ0n) is 10.9. The maximum absolute atomic E-state index is 12.2. The highest BCUT2D eigenvalue weighted by atomic mass is 32.1. The summed E-state index contributed by atoms with van der Waals surface area (Å²) in [5.74, 6) is 0.159. The molecular formula is C13H16N4O2S. The van der Waals surface area contributed by atoms with Crippen LogP contribution in [0.15, 0.2) is 22.3 Å². The van der Waals surface area contributed by atoms with Gasteiger partial charge in [-0.05, 0) is 30.2 Å². The average Bonchev–Trinajstić information content (AvgIpc) is 3.17. The summed E-state index contributed by atoms with van der Waals surface area (Å²) in [6.07, 6.45) is 4.67. The molecule has 0 aromatic carbocycles. The molecule has 2 aromatic rings. The summed E-state index contributed by atoms with van der Waals surface area (Å²) in [7, 11) is 0. The Hall–Kier alpha value is -1.89. The molecule has 0 unspecified atom stereocenters. The van der Waals surface area contributed by atoms with Crippen LogP contribution in [-0.4, -0.2) is 21.1 Å². The van der Waals surface area contributed by atoms with Crippen molar-refractivity contribution in [1.82, 2.24) is 20.5 Å². The van der Waals surface area contributed by atoms with E-state index >= 15 is 0 Å². The Labute approximate surface area is 119 Å². The third kappa shape index (κ3) is 2.67. The number of nitrogens with zero attached hydrogens (tertiary/aromatic N) is 1. The zero-order valence-corrected chi connectivity index (χ0v) is 11.7. The van der Waals surface area contributed by atoms with Gasteiger partial charge in [-0.15, -0.1) is 16.4 Å². The Morgan fingerprint density at radius 2 is 2.25 bits per heavy atom. The van der Waals surface area contributed by atoms with Crippen LogP contribution in [0.25, 0.3) is 0 Å². The molecule has 20 heavy (non-hydrogen) atoms. The number of carbonyl (C=O) groups is 1. The summed E-state index contributed by atoms with van der Waals surface area (Å²) in [6.45, 7) is 0. The van der Waals surface area contributed by atoms with Crippen molar-refractivity contribution in [3.8, 4) is 0 Å². The second-order valence-electron chi connectivity index (χ2n) is 5.04.